The Kier molecular flexibility index (Phi) is 14.8. The first kappa shape index (κ1) is 46.4. The molecule has 0 saturated carbocycles. The standard InChI is InChI=1S/C27H27F17N2O6/c1-50-19(49)16(9-5-8-15(45)18(48)52-12-14-6-3-2-4-7-14)46-17(47)13-51-11-10-20(28,29)21(30,31)22(32,33)23(34,35)24(36,37)25(38,39)26(40,41)27(42,43)44/h2-4,6-7,15-16H,5,8-13,45H2,1H3,(H,46,47)/t15?,16-/m0/s1. The highest BCUT2D eigenvalue weighted by molar-refractivity contribution is 5.85. The molecule has 0 spiro atoms. The maximum absolute atomic E-state index is 14.0. The summed E-state index contributed by atoms with van der Waals surface area (Å²) < 4.78 is 241. The summed E-state index contributed by atoms with van der Waals surface area (Å²) in [6.45, 7) is -3.64. The maximum Gasteiger partial charge on any atom is 0.460 e. The molecule has 25 heteroatoms. The van der Waals surface area contributed by atoms with Gasteiger partial charge in [-0.15, -0.1) is 0 Å². The van der Waals surface area contributed by atoms with Crippen molar-refractivity contribution in [3.8, 4) is 0 Å². The van der Waals surface area contributed by atoms with Crippen LogP contribution in [-0.2, 0) is 35.2 Å². The minimum Gasteiger partial charge on any atom is -0.467 e. The summed E-state index contributed by atoms with van der Waals surface area (Å²) in [5.41, 5.74) is 6.33. The lowest BCUT2D eigenvalue weighted by Gasteiger charge is -2.42. The van der Waals surface area contributed by atoms with Gasteiger partial charge in [-0.05, 0) is 24.8 Å². The molecule has 0 aliphatic carbocycles. The molecule has 1 amide bonds. The molecule has 0 aliphatic heterocycles. The Balaban J connectivity index is 2.86. The minimum absolute atomic E-state index is 0.0958. The molecule has 0 radical (unpaired) electrons. The van der Waals surface area contributed by atoms with Crippen molar-refractivity contribution in [2.24, 2.45) is 5.73 Å². The second-order valence-corrected chi connectivity index (χ2v) is 10.7. The Morgan fingerprint density at radius 3 is 1.65 bits per heavy atom. The van der Waals surface area contributed by atoms with Crippen LogP contribution in [0.5, 0.6) is 0 Å². The van der Waals surface area contributed by atoms with E-state index in [1.165, 1.54) is 0 Å². The van der Waals surface area contributed by atoms with Crippen LogP contribution < -0.4 is 11.1 Å². The van der Waals surface area contributed by atoms with Gasteiger partial charge in [-0.3, -0.25) is 9.59 Å². The number of nitrogens with two attached hydrogens (primary N) is 1. The Bertz CT molecular complexity index is 1360. The smallest absolute Gasteiger partial charge is 0.460 e. The van der Waals surface area contributed by atoms with Gasteiger partial charge in [0.2, 0.25) is 5.91 Å². The maximum atomic E-state index is 14.0. The van der Waals surface area contributed by atoms with E-state index in [1.807, 2.05) is 5.32 Å². The summed E-state index contributed by atoms with van der Waals surface area (Å²) in [7, 11) is 0.838. The van der Waals surface area contributed by atoms with Crippen LogP contribution in [0.25, 0.3) is 0 Å². The van der Waals surface area contributed by atoms with Crippen molar-refractivity contribution in [1.29, 1.82) is 0 Å². The largest absolute Gasteiger partial charge is 0.467 e. The third-order valence-electron chi connectivity index (χ3n) is 6.94. The van der Waals surface area contributed by atoms with Crippen LogP contribution in [-0.4, -0.2) is 97.9 Å². The number of esters is 2. The molecule has 0 fully saturated rings. The number of hydrogen-bond donors (Lipinski definition) is 2. The van der Waals surface area contributed by atoms with Gasteiger partial charge in [-0.25, -0.2) is 4.79 Å². The average Bonchev–Trinajstić information content (AvgIpc) is 3.03. The van der Waals surface area contributed by atoms with E-state index in [0.717, 1.165) is 7.11 Å². The molecule has 0 aliphatic rings. The SMILES string of the molecule is COC(=O)[C@H](CCCC(N)C(=O)OCc1ccccc1)NC(=O)COCCC(F)(F)C(F)(F)C(F)(F)C(F)(F)C(F)(F)C(F)(F)C(F)(F)C(F)(F)F. The first-order valence-corrected chi connectivity index (χ1v) is 14.0. The number of carbonyl (C=O) groups excluding carboxylic acids is 3. The van der Waals surface area contributed by atoms with Crippen molar-refractivity contribution in [2.75, 3.05) is 20.3 Å². The van der Waals surface area contributed by atoms with Crippen LogP contribution in [0.4, 0.5) is 74.6 Å². The Morgan fingerprint density at radius 2 is 1.17 bits per heavy atom. The number of ether oxygens (including phenoxy) is 3. The van der Waals surface area contributed by atoms with E-state index in [9.17, 15) is 89.0 Å². The third-order valence-corrected chi connectivity index (χ3v) is 6.94. The minimum atomic E-state index is -8.75. The molecule has 1 rings (SSSR count). The van der Waals surface area contributed by atoms with Crippen LogP contribution in [0.1, 0.15) is 31.2 Å². The van der Waals surface area contributed by atoms with Gasteiger partial charge in [0.1, 0.15) is 25.3 Å². The number of hydrogen-bond acceptors (Lipinski definition) is 7. The predicted octanol–water partition coefficient (Wildman–Crippen LogP) is 6.30. The second-order valence-electron chi connectivity index (χ2n) is 10.7. The Hall–Kier alpha value is -3.64. The average molecular weight is 798 g/mol. The fourth-order valence-electron chi connectivity index (χ4n) is 3.84. The molecule has 3 N–H and O–H groups in total. The van der Waals surface area contributed by atoms with Crippen molar-refractivity contribution in [2.45, 2.75) is 92.0 Å². The first-order valence-electron chi connectivity index (χ1n) is 14.0. The summed E-state index contributed by atoms with van der Waals surface area (Å²) in [4.78, 5) is 36.1. The van der Waals surface area contributed by atoms with E-state index in [0.29, 0.717) is 5.56 Å². The highest BCUT2D eigenvalue weighted by Gasteiger charge is 2.95. The molecule has 1 aromatic rings. The van der Waals surface area contributed by atoms with Crippen LogP contribution in [0.3, 0.4) is 0 Å². The fourth-order valence-corrected chi connectivity index (χ4v) is 3.84. The monoisotopic (exact) mass is 798 g/mol. The lowest BCUT2D eigenvalue weighted by molar-refractivity contribution is -0.462. The molecule has 0 aromatic heterocycles. The van der Waals surface area contributed by atoms with Crippen molar-refractivity contribution in [3.63, 3.8) is 0 Å². The first-order chi connectivity index (χ1) is 23.4. The van der Waals surface area contributed by atoms with Gasteiger partial charge >= 0.3 is 59.6 Å². The van der Waals surface area contributed by atoms with Crippen LogP contribution in [0.2, 0.25) is 0 Å². The molecular weight excluding hydrogens is 771 g/mol. The summed E-state index contributed by atoms with van der Waals surface area (Å²) >= 11 is 0. The molecule has 0 heterocycles. The predicted molar refractivity (Wildman–Crippen MR) is 138 cm³/mol. The molecule has 300 valence electrons. The summed E-state index contributed by atoms with van der Waals surface area (Å²) in [6, 6.07) is 5.52. The van der Waals surface area contributed by atoms with Gasteiger partial charge in [-0.2, -0.15) is 74.6 Å². The number of halogens is 17. The molecule has 1 aromatic carbocycles. The van der Waals surface area contributed by atoms with Crippen LogP contribution >= 0.6 is 0 Å². The molecule has 1 unspecified atom stereocenters. The van der Waals surface area contributed by atoms with Gasteiger partial charge in [0.25, 0.3) is 0 Å². The van der Waals surface area contributed by atoms with E-state index >= 15 is 0 Å². The summed E-state index contributed by atoms with van der Waals surface area (Å²) in [6.07, 6.45) is -11.3. The Morgan fingerprint density at radius 1 is 0.692 bits per heavy atom. The van der Waals surface area contributed by atoms with E-state index in [-0.39, 0.29) is 25.9 Å². The van der Waals surface area contributed by atoms with Crippen molar-refractivity contribution >= 4 is 17.8 Å². The molecule has 2 atom stereocenters. The van der Waals surface area contributed by atoms with E-state index < -0.39 is 97.2 Å². The number of alkyl halides is 17. The van der Waals surface area contributed by atoms with Gasteiger partial charge < -0.3 is 25.3 Å². The van der Waals surface area contributed by atoms with Gasteiger partial charge in [0, 0.05) is 6.42 Å². The number of methoxy groups -OCH3 is 1. The summed E-state index contributed by atoms with van der Waals surface area (Å²) in [5.74, 6) is -60.8. The highest BCUT2D eigenvalue weighted by atomic mass is 19.4. The molecular formula is C27H27F17N2O6. The fraction of sp³-hybridized carbons (Fsp3) is 0.667. The lowest BCUT2D eigenvalue weighted by atomic mass is 9.88. The molecule has 52 heavy (non-hydrogen) atoms. The quantitative estimate of drug-likeness (QED) is 0.0904. The van der Waals surface area contributed by atoms with E-state index in [4.69, 9.17) is 10.5 Å². The molecule has 0 saturated heterocycles. The molecule has 0 bridgehead atoms. The van der Waals surface area contributed by atoms with Gasteiger partial charge in [-0.1, -0.05) is 30.3 Å². The lowest BCUT2D eigenvalue weighted by Crippen LogP contribution is -2.74. The van der Waals surface area contributed by atoms with E-state index in [1.54, 1.807) is 30.3 Å². The third kappa shape index (κ3) is 9.47. The van der Waals surface area contributed by atoms with Crippen LogP contribution in [0, 0.1) is 0 Å². The molecule has 8 nitrogen and oxygen atoms in total. The number of nitrogens with one attached hydrogen (secondary N) is 1. The topological polar surface area (TPSA) is 117 Å². The zero-order chi connectivity index (χ0) is 40.8. The van der Waals surface area contributed by atoms with Crippen molar-refractivity contribution < 1.29 is 103 Å². The summed E-state index contributed by atoms with van der Waals surface area (Å²) in [5, 5.41) is 1.90. The second kappa shape index (κ2) is 16.6. The van der Waals surface area contributed by atoms with Crippen LogP contribution in [0.15, 0.2) is 30.3 Å². The zero-order valence-corrected chi connectivity index (χ0v) is 25.9. The van der Waals surface area contributed by atoms with E-state index in [2.05, 4.69) is 9.47 Å². The van der Waals surface area contributed by atoms with Gasteiger partial charge in [0.05, 0.1) is 13.7 Å². The number of amides is 1. The number of benzene rings is 1. The Labute approximate surface area is 281 Å². The number of rotatable bonds is 20. The zero-order valence-electron chi connectivity index (χ0n) is 25.9. The van der Waals surface area contributed by atoms with Crippen molar-refractivity contribution in [3.05, 3.63) is 35.9 Å². The number of carbonyl (C=O) groups is 3. The van der Waals surface area contributed by atoms with Gasteiger partial charge in [0.15, 0.2) is 0 Å². The van der Waals surface area contributed by atoms with Crippen molar-refractivity contribution in [1.82, 2.24) is 5.32 Å². The normalized spacial score (nSPS) is 15.1. The highest BCUT2D eigenvalue weighted by Crippen LogP contribution is 2.64.